The van der Waals surface area contributed by atoms with E-state index in [-0.39, 0.29) is 18.6 Å². The summed E-state index contributed by atoms with van der Waals surface area (Å²) in [4.78, 5) is 23.7. The molecule has 1 aromatic rings. The number of rotatable bonds is 14. The Morgan fingerprint density at radius 3 is 2.00 bits per heavy atom. The summed E-state index contributed by atoms with van der Waals surface area (Å²) in [7, 11) is -5.25. The summed E-state index contributed by atoms with van der Waals surface area (Å²) in [6.07, 6.45) is 5.45. The molecule has 0 aromatic heterocycles. The van der Waals surface area contributed by atoms with Gasteiger partial charge in [0.1, 0.15) is 5.75 Å². The topological polar surface area (TPSA) is 138 Å². The van der Waals surface area contributed by atoms with E-state index in [0.717, 1.165) is 32.1 Å². The second-order valence-electron chi connectivity index (χ2n) is 6.71. The van der Waals surface area contributed by atoms with Crippen molar-refractivity contribution in [3.63, 3.8) is 0 Å². The Morgan fingerprint density at radius 2 is 1.54 bits per heavy atom. The third-order valence-electron chi connectivity index (χ3n) is 4.50. The van der Waals surface area contributed by atoms with Gasteiger partial charge in [0.25, 0.3) is 10.1 Å². The van der Waals surface area contributed by atoms with Crippen LogP contribution in [0.15, 0.2) is 30.3 Å². The first-order chi connectivity index (χ1) is 13.1. The number of unbranched alkanes of at least 4 members (excludes halogenated alkanes) is 6. The van der Waals surface area contributed by atoms with Crippen molar-refractivity contribution in [2.75, 3.05) is 0 Å². The van der Waals surface area contributed by atoms with Gasteiger partial charge in [0, 0.05) is 6.42 Å². The molecule has 0 saturated heterocycles. The molecule has 2 unspecified atom stereocenters. The minimum atomic E-state index is -5.25. The van der Waals surface area contributed by atoms with E-state index in [4.69, 9.17) is 4.74 Å². The van der Waals surface area contributed by atoms with Crippen LogP contribution >= 0.6 is 0 Å². The Bertz CT molecular complexity index is 732. The van der Waals surface area contributed by atoms with Crippen molar-refractivity contribution in [1.29, 1.82) is 0 Å². The molecule has 0 heterocycles. The van der Waals surface area contributed by atoms with Crippen molar-refractivity contribution in [2.24, 2.45) is 0 Å². The quantitative estimate of drug-likeness (QED) is 0.310. The third kappa shape index (κ3) is 6.79. The van der Waals surface area contributed by atoms with Crippen LogP contribution in [0.2, 0.25) is 0 Å². The SMILES string of the molecule is CCCCCCCCCC(Oc1ccccc1)(C(=O)O)C(C(=O)O)S(=O)(=O)O. The number of para-hydroxylation sites is 1. The second kappa shape index (κ2) is 11.0. The maximum atomic E-state index is 12.1. The number of hydrogen-bond donors (Lipinski definition) is 3. The molecule has 28 heavy (non-hydrogen) atoms. The van der Waals surface area contributed by atoms with Crippen molar-refractivity contribution in [3.05, 3.63) is 30.3 Å². The number of ether oxygens (including phenoxy) is 1. The largest absolute Gasteiger partial charge is 0.480 e. The fourth-order valence-corrected chi connectivity index (χ4v) is 4.11. The monoisotopic (exact) mass is 416 g/mol. The molecule has 8 nitrogen and oxygen atoms in total. The first-order valence-corrected chi connectivity index (χ1v) is 10.8. The smallest absolute Gasteiger partial charge is 0.350 e. The van der Waals surface area contributed by atoms with Gasteiger partial charge < -0.3 is 14.9 Å². The predicted molar refractivity (Wildman–Crippen MR) is 103 cm³/mol. The number of carboxylic acids is 2. The maximum Gasteiger partial charge on any atom is 0.350 e. The maximum absolute atomic E-state index is 12.1. The van der Waals surface area contributed by atoms with Gasteiger partial charge in [-0.1, -0.05) is 63.6 Å². The molecule has 0 radical (unpaired) electrons. The molecule has 0 saturated carbocycles. The summed E-state index contributed by atoms with van der Waals surface area (Å²) >= 11 is 0. The van der Waals surface area contributed by atoms with E-state index in [9.17, 15) is 32.8 Å². The zero-order valence-corrected chi connectivity index (χ0v) is 16.7. The minimum absolute atomic E-state index is 0.00254. The Kier molecular flexibility index (Phi) is 9.40. The molecule has 158 valence electrons. The van der Waals surface area contributed by atoms with Crippen molar-refractivity contribution in [2.45, 2.75) is 69.1 Å². The Morgan fingerprint density at radius 1 is 1.00 bits per heavy atom. The van der Waals surface area contributed by atoms with Gasteiger partial charge in [0.05, 0.1) is 0 Å². The molecular formula is C19H28O8S. The zero-order chi connectivity index (χ0) is 21.2. The molecule has 1 rings (SSSR count). The van der Waals surface area contributed by atoms with E-state index in [1.807, 2.05) is 0 Å². The lowest BCUT2D eigenvalue weighted by molar-refractivity contribution is -0.162. The zero-order valence-electron chi connectivity index (χ0n) is 15.9. The van der Waals surface area contributed by atoms with Crippen molar-refractivity contribution in [1.82, 2.24) is 0 Å². The predicted octanol–water partition coefficient (Wildman–Crippen LogP) is 3.37. The Balaban J connectivity index is 3.12. The van der Waals surface area contributed by atoms with Crippen LogP contribution in [-0.4, -0.2) is 46.0 Å². The normalized spacial score (nSPS) is 14.8. The van der Waals surface area contributed by atoms with Crippen LogP contribution < -0.4 is 4.74 Å². The molecular weight excluding hydrogens is 388 g/mol. The highest BCUT2D eigenvalue weighted by Crippen LogP contribution is 2.31. The molecule has 0 aliphatic carbocycles. The van der Waals surface area contributed by atoms with Gasteiger partial charge in [0.2, 0.25) is 10.9 Å². The van der Waals surface area contributed by atoms with Crippen molar-refractivity contribution < 1.29 is 37.5 Å². The summed E-state index contributed by atoms with van der Waals surface area (Å²) in [5, 5.41) is 16.5. The third-order valence-corrected chi connectivity index (χ3v) is 5.68. The lowest BCUT2D eigenvalue weighted by Crippen LogP contribution is -2.60. The van der Waals surface area contributed by atoms with Crippen LogP contribution in [0.3, 0.4) is 0 Å². The fourth-order valence-electron chi connectivity index (χ4n) is 3.11. The van der Waals surface area contributed by atoms with Crippen molar-refractivity contribution >= 4 is 22.1 Å². The first kappa shape index (κ1) is 23.9. The summed E-state index contributed by atoms with van der Waals surface area (Å²) in [5.74, 6) is -3.74. The highest BCUT2D eigenvalue weighted by Gasteiger charge is 2.58. The van der Waals surface area contributed by atoms with Crippen LogP contribution in [0.5, 0.6) is 5.75 Å². The molecule has 2 atom stereocenters. The summed E-state index contributed by atoms with van der Waals surface area (Å²) in [5.41, 5.74) is -2.65. The average Bonchev–Trinajstić information content (AvgIpc) is 2.59. The Labute approximate surface area is 165 Å². The second-order valence-corrected chi connectivity index (χ2v) is 8.22. The lowest BCUT2D eigenvalue weighted by Gasteiger charge is -2.33. The molecule has 3 N–H and O–H groups in total. The molecule has 1 aromatic carbocycles. The van der Waals surface area contributed by atoms with E-state index in [1.165, 1.54) is 12.1 Å². The van der Waals surface area contributed by atoms with Gasteiger partial charge in [0.15, 0.2) is 0 Å². The van der Waals surface area contributed by atoms with Crippen LogP contribution in [0.1, 0.15) is 58.3 Å². The molecule has 0 aliphatic rings. The summed E-state index contributed by atoms with van der Waals surface area (Å²) in [6.45, 7) is 2.09. The number of aliphatic carboxylic acids is 2. The van der Waals surface area contributed by atoms with E-state index in [2.05, 4.69) is 6.92 Å². The highest BCUT2D eigenvalue weighted by atomic mass is 32.2. The summed E-state index contributed by atoms with van der Waals surface area (Å²) in [6, 6.07) is 7.51. The van der Waals surface area contributed by atoms with Gasteiger partial charge in [-0.3, -0.25) is 9.35 Å². The van der Waals surface area contributed by atoms with Crippen molar-refractivity contribution in [3.8, 4) is 5.75 Å². The van der Waals surface area contributed by atoms with Crippen LogP contribution in [0.4, 0.5) is 0 Å². The van der Waals surface area contributed by atoms with Crippen LogP contribution in [-0.2, 0) is 19.7 Å². The number of hydrogen-bond acceptors (Lipinski definition) is 5. The van der Waals surface area contributed by atoms with Gasteiger partial charge in [-0.15, -0.1) is 0 Å². The highest BCUT2D eigenvalue weighted by molar-refractivity contribution is 7.87. The summed E-state index contributed by atoms with van der Waals surface area (Å²) < 4.78 is 38.4. The fraction of sp³-hybridized carbons (Fsp3) is 0.579. The number of benzene rings is 1. The van der Waals surface area contributed by atoms with E-state index in [1.54, 1.807) is 18.2 Å². The van der Waals surface area contributed by atoms with E-state index < -0.39 is 32.9 Å². The minimum Gasteiger partial charge on any atom is -0.480 e. The Hall–Kier alpha value is -2.13. The molecule has 0 aliphatic heterocycles. The lowest BCUT2D eigenvalue weighted by atomic mass is 9.91. The van der Waals surface area contributed by atoms with Crippen LogP contribution in [0.25, 0.3) is 0 Å². The molecule has 0 spiro atoms. The van der Waals surface area contributed by atoms with Crippen LogP contribution in [0, 0.1) is 0 Å². The van der Waals surface area contributed by atoms with Gasteiger partial charge >= 0.3 is 11.9 Å². The number of carboxylic acid groups (broad SMARTS) is 2. The number of carbonyl (C=O) groups is 2. The molecule has 0 fully saturated rings. The van der Waals surface area contributed by atoms with Gasteiger partial charge in [-0.05, 0) is 18.6 Å². The standard InChI is InChI=1S/C19H28O8S/c1-2-3-4-5-6-7-11-14-19(18(22)23,16(17(20)21)28(24,25)26)27-15-12-9-8-10-13-15/h8-10,12-13,16H,2-7,11,14H2,1H3,(H,20,21)(H,22,23)(H,24,25,26). The molecule has 0 amide bonds. The van der Waals surface area contributed by atoms with E-state index in [0.29, 0.717) is 6.42 Å². The first-order valence-electron chi connectivity index (χ1n) is 9.31. The molecule has 0 bridgehead atoms. The average molecular weight is 416 g/mol. The van der Waals surface area contributed by atoms with Gasteiger partial charge in [-0.2, -0.15) is 8.42 Å². The van der Waals surface area contributed by atoms with E-state index >= 15 is 0 Å². The van der Waals surface area contributed by atoms with Gasteiger partial charge in [-0.25, -0.2) is 4.79 Å². The molecule has 9 heteroatoms.